The molecule has 1 saturated carbocycles. The van der Waals surface area contributed by atoms with Crippen LogP contribution in [0.3, 0.4) is 0 Å². The molecule has 0 spiro atoms. The quantitative estimate of drug-likeness (QED) is 0.428. The maximum atomic E-state index is 14.0. The fraction of sp³-hybridized carbons (Fsp3) is 0.680. The average Bonchev–Trinajstić information content (AvgIpc) is 3.04. The minimum absolute atomic E-state index is 0.0310. The topological polar surface area (TPSA) is 69.9 Å². The third-order valence-electron chi connectivity index (χ3n) is 8.00. The van der Waals surface area contributed by atoms with Gasteiger partial charge in [0.1, 0.15) is 5.82 Å². The van der Waals surface area contributed by atoms with E-state index in [1.807, 2.05) is 4.90 Å². The maximum Gasteiger partial charge on any atom is 0.237 e. The lowest BCUT2D eigenvalue weighted by molar-refractivity contribution is -0.133. The van der Waals surface area contributed by atoms with Gasteiger partial charge >= 0.3 is 0 Å². The normalized spacial score (nSPS) is 27.1. The molecule has 2 amide bonds. The molecular weight excluding hydrogens is 407 g/mol. The second-order valence-corrected chi connectivity index (χ2v) is 10.3. The van der Waals surface area contributed by atoms with Gasteiger partial charge in [0.15, 0.2) is 0 Å². The number of piperidine rings is 1. The number of benzene rings is 1. The Morgan fingerprint density at radius 1 is 1.12 bits per heavy atom. The van der Waals surface area contributed by atoms with Crippen molar-refractivity contribution in [2.75, 3.05) is 25.0 Å². The Morgan fingerprint density at radius 2 is 1.78 bits per heavy atom. The van der Waals surface area contributed by atoms with Crippen LogP contribution in [0, 0.1) is 17.7 Å². The van der Waals surface area contributed by atoms with Gasteiger partial charge in [-0.05, 0) is 74.1 Å². The van der Waals surface area contributed by atoms with E-state index in [9.17, 15) is 14.0 Å². The molecule has 0 bridgehead atoms. The van der Waals surface area contributed by atoms with Gasteiger partial charge < -0.3 is 9.80 Å². The van der Waals surface area contributed by atoms with Crippen molar-refractivity contribution in [1.29, 1.82) is 0 Å². The van der Waals surface area contributed by atoms with Crippen molar-refractivity contribution in [3.05, 3.63) is 29.6 Å². The van der Waals surface area contributed by atoms with E-state index in [2.05, 4.69) is 18.7 Å². The molecule has 2 heterocycles. The number of amides is 2. The molecular formula is C25H37FN4O2. The average molecular weight is 445 g/mol. The molecule has 6 nitrogen and oxygen atoms in total. The number of hydrogen-bond donors (Lipinski definition) is 1. The summed E-state index contributed by atoms with van der Waals surface area (Å²) in [5, 5.41) is 1.00. The molecule has 0 radical (unpaired) electrons. The number of hydrogen-bond acceptors (Lipinski definition) is 4. The molecule has 1 aliphatic carbocycles. The summed E-state index contributed by atoms with van der Waals surface area (Å²) < 4.78 is 14.0. The molecule has 1 aromatic carbocycles. The highest BCUT2D eigenvalue weighted by molar-refractivity contribution is 6.07. The highest BCUT2D eigenvalue weighted by Crippen LogP contribution is 2.43. The number of anilines is 1. The predicted molar refractivity (Wildman–Crippen MR) is 123 cm³/mol. The van der Waals surface area contributed by atoms with E-state index in [4.69, 9.17) is 5.84 Å². The van der Waals surface area contributed by atoms with E-state index >= 15 is 0 Å². The second-order valence-electron chi connectivity index (χ2n) is 10.3. The summed E-state index contributed by atoms with van der Waals surface area (Å²) >= 11 is 0. The van der Waals surface area contributed by atoms with Crippen LogP contribution in [0.15, 0.2) is 18.2 Å². The summed E-state index contributed by atoms with van der Waals surface area (Å²) in [6, 6.07) is 5.25. The Balaban J connectivity index is 1.43. The number of halogens is 1. The van der Waals surface area contributed by atoms with Crippen LogP contribution in [0.5, 0.6) is 0 Å². The maximum absolute atomic E-state index is 14.0. The number of likely N-dealkylation sites (tertiary alicyclic amines) is 1. The molecule has 7 heteroatoms. The first-order valence-corrected chi connectivity index (χ1v) is 12.1. The monoisotopic (exact) mass is 444 g/mol. The third-order valence-corrected chi connectivity index (χ3v) is 8.00. The summed E-state index contributed by atoms with van der Waals surface area (Å²) in [4.78, 5) is 30.1. The predicted octanol–water partition coefficient (Wildman–Crippen LogP) is 3.66. The fourth-order valence-electron chi connectivity index (χ4n) is 5.98. The van der Waals surface area contributed by atoms with Crippen LogP contribution in [0.25, 0.3) is 0 Å². The molecule has 3 aliphatic rings. The Labute approximate surface area is 190 Å². The van der Waals surface area contributed by atoms with Crippen LogP contribution < -0.4 is 10.7 Å². The smallest absolute Gasteiger partial charge is 0.237 e. The number of carbonyl (C=O) groups is 2. The zero-order chi connectivity index (χ0) is 23.0. The molecule has 1 atom stereocenters. The van der Waals surface area contributed by atoms with E-state index in [-0.39, 0.29) is 30.1 Å². The lowest BCUT2D eigenvalue weighted by Gasteiger charge is -2.43. The first-order valence-electron chi connectivity index (χ1n) is 12.1. The van der Waals surface area contributed by atoms with Crippen molar-refractivity contribution >= 4 is 17.5 Å². The summed E-state index contributed by atoms with van der Waals surface area (Å²) in [6.07, 6.45) is 6.96. The summed E-state index contributed by atoms with van der Waals surface area (Å²) in [7, 11) is 1.47. The standard InChI is InChI=1S/C25H37FN4O2/c1-16(2)17-4-7-19(8-5-17)29-12-10-20(11-13-29)30-23-9-6-18(26)14-21(23)22(25(30)32)15-24(31)28(3)27/h6,9,14,16-17,19-20,22H,4-5,7-8,10-13,15,27H2,1-3H3/t17-,19+,22?. The first kappa shape index (κ1) is 23.2. The number of hydrazine groups is 1. The van der Waals surface area contributed by atoms with Crippen molar-refractivity contribution in [2.45, 2.75) is 76.8 Å². The van der Waals surface area contributed by atoms with Crippen LogP contribution in [0.4, 0.5) is 10.1 Å². The Bertz CT molecular complexity index is 842. The minimum atomic E-state index is -0.663. The molecule has 2 fully saturated rings. The summed E-state index contributed by atoms with van der Waals surface area (Å²) in [5.74, 6) is 5.73. The Hall–Kier alpha value is -1.99. The van der Waals surface area contributed by atoms with Crippen LogP contribution in [-0.2, 0) is 9.59 Å². The van der Waals surface area contributed by atoms with Gasteiger partial charge in [-0.2, -0.15) is 0 Å². The number of fused-ring (bicyclic) bond motifs is 1. The second kappa shape index (κ2) is 9.48. The molecule has 2 N–H and O–H groups in total. The van der Waals surface area contributed by atoms with Crippen molar-refractivity contribution in [3.8, 4) is 0 Å². The van der Waals surface area contributed by atoms with Gasteiger partial charge in [-0.3, -0.25) is 14.6 Å². The van der Waals surface area contributed by atoms with Gasteiger partial charge in [-0.15, -0.1) is 0 Å². The molecule has 4 rings (SSSR count). The number of nitrogens with two attached hydrogens (primary N) is 1. The van der Waals surface area contributed by atoms with Crippen LogP contribution >= 0.6 is 0 Å². The summed E-state index contributed by atoms with van der Waals surface area (Å²) in [6.45, 7) is 6.63. The number of carbonyl (C=O) groups excluding carboxylic acids is 2. The highest BCUT2D eigenvalue weighted by atomic mass is 19.1. The molecule has 176 valence electrons. The SMILES string of the molecule is CC(C)[C@H]1CC[C@@H](N2CCC(N3C(=O)C(CC(=O)N(C)N)c4cc(F)ccc43)CC2)CC1. The number of nitrogens with zero attached hydrogens (tertiary/aromatic N) is 3. The molecule has 32 heavy (non-hydrogen) atoms. The van der Waals surface area contributed by atoms with E-state index in [1.165, 1.54) is 44.9 Å². The Morgan fingerprint density at radius 3 is 2.38 bits per heavy atom. The van der Waals surface area contributed by atoms with Crippen LogP contribution in [0.2, 0.25) is 0 Å². The zero-order valence-corrected chi connectivity index (χ0v) is 19.6. The molecule has 1 saturated heterocycles. The minimum Gasteiger partial charge on any atom is -0.308 e. The molecule has 2 aliphatic heterocycles. The number of rotatable bonds is 5. The van der Waals surface area contributed by atoms with E-state index in [0.29, 0.717) is 11.6 Å². The largest absolute Gasteiger partial charge is 0.308 e. The zero-order valence-electron chi connectivity index (χ0n) is 19.6. The molecule has 0 aromatic heterocycles. The molecule has 1 aromatic rings. The van der Waals surface area contributed by atoms with E-state index in [1.54, 1.807) is 6.07 Å². The van der Waals surface area contributed by atoms with Crippen LogP contribution in [0.1, 0.15) is 70.3 Å². The van der Waals surface area contributed by atoms with Crippen LogP contribution in [-0.4, -0.2) is 53.9 Å². The van der Waals surface area contributed by atoms with E-state index in [0.717, 1.165) is 48.5 Å². The van der Waals surface area contributed by atoms with E-state index < -0.39 is 5.92 Å². The van der Waals surface area contributed by atoms with Crippen molar-refractivity contribution in [2.24, 2.45) is 17.7 Å². The fourth-order valence-corrected chi connectivity index (χ4v) is 5.98. The highest BCUT2D eigenvalue weighted by Gasteiger charge is 2.43. The lowest BCUT2D eigenvalue weighted by atomic mass is 9.79. The van der Waals surface area contributed by atoms with Crippen molar-refractivity contribution < 1.29 is 14.0 Å². The lowest BCUT2D eigenvalue weighted by Crippen LogP contribution is -2.50. The van der Waals surface area contributed by atoms with Gasteiger partial charge in [-0.1, -0.05) is 13.8 Å². The Kier molecular flexibility index (Phi) is 6.86. The van der Waals surface area contributed by atoms with Gasteiger partial charge in [-0.25, -0.2) is 10.2 Å². The first-order chi connectivity index (χ1) is 15.3. The van der Waals surface area contributed by atoms with Gasteiger partial charge in [0, 0.05) is 44.3 Å². The summed E-state index contributed by atoms with van der Waals surface area (Å²) in [5.41, 5.74) is 1.37. The van der Waals surface area contributed by atoms with Crippen molar-refractivity contribution in [3.63, 3.8) is 0 Å². The third kappa shape index (κ3) is 4.55. The van der Waals surface area contributed by atoms with Crippen molar-refractivity contribution in [1.82, 2.24) is 9.91 Å². The van der Waals surface area contributed by atoms with Gasteiger partial charge in [0.25, 0.3) is 0 Å². The van der Waals surface area contributed by atoms with Gasteiger partial charge in [0.2, 0.25) is 11.8 Å². The van der Waals surface area contributed by atoms with Gasteiger partial charge in [0.05, 0.1) is 5.92 Å². The molecule has 1 unspecified atom stereocenters.